The molecule has 0 spiro atoms. The third-order valence-corrected chi connectivity index (χ3v) is 3.75. The zero-order valence-electron chi connectivity index (χ0n) is 9.93. The number of nitrogens with zero attached hydrogens (tertiary/aromatic N) is 1. The maximum atomic E-state index is 11.4. The van der Waals surface area contributed by atoms with Gasteiger partial charge in [-0.2, -0.15) is 0 Å². The summed E-state index contributed by atoms with van der Waals surface area (Å²) in [6.45, 7) is 0. The number of hydrogen-bond acceptors (Lipinski definition) is 3. The van der Waals surface area contributed by atoms with Crippen molar-refractivity contribution in [1.29, 1.82) is 0 Å². The van der Waals surface area contributed by atoms with Crippen molar-refractivity contribution in [2.75, 3.05) is 5.88 Å². The van der Waals surface area contributed by atoms with Crippen LogP contribution in [0.1, 0.15) is 10.9 Å². The summed E-state index contributed by atoms with van der Waals surface area (Å²) in [6.07, 6.45) is 0. The van der Waals surface area contributed by atoms with Gasteiger partial charge in [-0.1, -0.05) is 35.3 Å². The SMILES string of the molecule is O=C(NC(CCl)C(Cl)c1ccc([N+](=O)[O-])cc1)C(Cl)Cl. The molecular weight excluding hydrogens is 350 g/mol. The lowest BCUT2D eigenvalue weighted by molar-refractivity contribution is -0.384. The fourth-order valence-electron chi connectivity index (χ4n) is 1.45. The molecule has 5 nitrogen and oxygen atoms in total. The Hall–Kier alpha value is -0.750. The van der Waals surface area contributed by atoms with Crippen LogP contribution in [0, 0.1) is 10.1 Å². The topological polar surface area (TPSA) is 72.2 Å². The predicted octanol–water partition coefficient (Wildman–Crippen LogP) is 3.40. The number of halogens is 4. The molecule has 0 aliphatic heterocycles. The van der Waals surface area contributed by atoms with Crippen LogP contribution in [0.4, 0.5) is 5.69 Å². The van der Waals surface area contributed by atoms with Crippen molar-refractivity contribution in [2.45, 2.75) is 16.3 Å². The number of carbonyl (C=O) groups excluding carboxylic acids is 1. The molecule has 0 saturated heterocycles. The molecule has 0 aliphatic carbocycles. The van der Waals surface area contributed by atoms with Gasteiger partial charge in [-0.05, 0) is 5.56 Å². The highest BCUT2D eigenvalue weighted by atomic mass is 35.5. The second-order valence-electron chi connectivity index (χ2n) is 3.82. The Bertz CT molecular complexity index is 481. The summed E-state index contributed by atoms with van der Waals surface area (Å²) < 4.78 is 0. The van der Waals surface area contributed by atoms with Gasteiger partial charge in [0.2, 0.25) is 0 Å². The highest BCUT2D eigenvalue weighted by molar-refractivity contribution is 6.53. The number of nitrogens with one attached hydrogen (secondary N) is 1. The van der Waals surface area contributed by atoms with Crippen molar-refractivity contribution < 1.29 is 9.72 Å². The third kappa shape index (κ3) is 4.66. The minimum absolute atomic E-state index is 0.0391. The standard InChI is InChI=1S/C11H10Cl4N2O3/c12-5-8(16-11(18)10(14)15)9(13)6-1-3-7(4-2-6)17(19)20/h1-4,8-10H,5H2,(H,16,18). The van der Waals surface area contributed by atoms with E-state index in [9.17, 15) is 14.9 Å². The minimum Gasteiger partial charge on any atom is -0.348 e. The van der Waals surface area contributed by atoms with Gasteiger partial charge in [-0.25, -0.2) is 0 Å². The van der Waals surface area contributed by atoms with Crippen molar-refractivity contribution in [3.05, 3.63) is 39.9 Å². The summed E-state index contributed by atoms with van der Waals surface area (Å²) in [4.78, 5) is 20.2. The van der Waals surface area contributed by atoms with Gasteiger partial charge in [-0.3, -0.25) is 14.9 Å². The Morgan fingerprint density at radius 1 is 1.25 bits per heavy atom. The van der Waals surface area contributed by atoms with Crippen LogP contribution in [0.3, 0.4) is 0 Å². The second kappa shape index (κ2) is 7.88. The van der Waals surface area contributed by atoms with Crippen molar-refractivity contribution in [1.82, 2.24) is 5.32 Å². The number of carbonyl (C=O) groups is 1. The zero-order valence-corrected chi connectivity index (χ0v) is 13.0. The number of rotatable bonds is 6. The average molecular weight is 360 g/mol. The number of benzene rings is 1. The lowest BCUT2D eigenvalue weighted by atomic mass is 10.1. The molecule has 1 amide bonds. The lowest BCUT2D eigenvalue weighted by Gasteiger charge is -2.22. The first kappa shape index (κ1) is 17.3. The summed E-state index contributed by atoms with van der Waals surface area (Å²) in [5, 5.41) is 12.4. The smallest absolute Gasteiger partial charge is 0.269 e. The normalized spacial score (nSPS) is 13.8. The van der Waals surface area contributed by atoms with E-state index in [1.165, 1.54) is 24.3 Å². The van der Waals surface area contributed by atoms with E-state index in [1.807, 2.05) is 0 Å². The first-order valence-corrected chi connectivity index (χ1v) is 7.24. The van der Waals surface area contributed by atoms with Crippen molar-refractivity contribution in [3.8, 4) is 0 Å². The van der Waals surface area contributed by atoms with Crippen LogP contribution in [0.5, 0.6) is 0 Å². The summed E-state index contributed by atoms with van der Waals surface area (Å²) in [5.74, 6) is -0.566. The molecule has 0 heterocycles. The van der Waals surface area contributed by atoms with Crippen molar-refractivity contribution >= 4 is 58.0 Å². The molecule has 1 aromatic rings. The van der Waals surface area contributed by atoms with E-state index in [-0.39, 0.29) is 11.6 Å². The number of non-ortho nitro benzene ring substituents is 1. The Morgan fingerprint density at radius 2 is 1.80 bits per heavy atom. The van der Waals surface area contributed by atoms with Crippen LogP contribution in [0.25, 0.3) is 0 Å². The van der Waals surface area contributed by atoms with E-state index in [4.69, 9.17) is 46.4 Å². The molecule has 110 valence electrons. The molecule has 0 aliphatic rings. The Kier molecular flexibility index (Phi) is 6.82. The van der Waals surface area contributed by atoms with E-state index in [2.05, 4.69) is 5.32 Å². The lowest BCUT2D eigenvalue weighted by Crippen LogP contribution is -2.41. The van der Waals surface area contributed by atoms with Crippen LogP contribution in [0.2, 0.25) is 0 Å². The molecule has 20 heavy (non-hydrogen) atoms. The van der Waals surface area contributed by atoms with Crippen LogP contribution >= 0.6 is 46.4 Å². The van der Waals surface area contributed by atoms with Crippen molar-refractivity contribution in [3.63, 3.8) is 0 Å². The molecule has 0 fully saturated rings. The number of alkyl halides is 4. The summed E-state index contributed by atoms with van der Waals surface area (Å²) >= 11 is 22.8. The first-order chi connectivity index (χ1) is 9.36. The predicted molar refractivity (Wildman–Crippen MR) is 79.8 cm³/mol. The van der Waals surface area contributed by atoms with Gasteiger partial charge < -0.3 is 5.32 Å². The van der Waals surface area contributed by atoms with E-state index in [1.54, 1.807) is 0 Å². The highest BCUT2D eigenvalue weighted by Gasteiger charge is 2.24. The molecule has 1 rings (SSSR count). The summed E-state index contributed by atoms with van der Waals surface area (Å²) in [5.41, 5.74) is 0.537. The fourth-order valence-corrected chi connectivity index (χ4v) is 2.22. The summed E-state index contributed by atoms with van der Waals surface area (Å²) in [7, 11) is 0. The van der Waals surface area contributed by atoms with Gasteiger partial charge in [0, 0.05) is 18.0 Å². The van der Waals surface area contributed by atoms with Gasteiger partial charge in [0.25, 0.3) is 11.6 Å². The fraction of sp³-hybridized carbons (Fsp3) is 0.364. The number of hydrogen-bond donors (Lipinski definition) is 1. The zero-order chi connectivity index (χ0) is 15.3. The molecule has 1 N–H and O–H groups in total. The number of nitro benzene ring substituents is 1. The largest absolute Gasteiger partial charge is 0.348 e. The van der Waals surface area contributed by atoms with Gasteiger partial charge >= 0.3 is 0 Å². The van der Waals surface area contributed by atoms with Crippen molar-refractivity contribution in [2.24, 2.45) is 0 Å². The molecule has 9 heteroatoms. The summed E-state index contributed by atoms with van der Waals surface area (Å²) in [6, 6.07) is 5.04. The highest BCUT2D eigenvalue weighted by Crippen LogP contribution is 2.27. The maximum Gasteiger partial charge on any atom is 0.269 e. The van der Waals surface area contributed by atoms with E-state index in [0.717, 1.165) is 0 Å². The number of nitro groups is 1. The monoisotopic (exact) mass is 358 g/mol. The molecule has 2 atom stereocenters. The second-order valence-corrected chi connectivity index (χ2v) is 5.70. The molecule has 0 bridgehead atoms. The first-order valence-electron chi connectivity index (χ1n) is 5.39. The Balaban J connectivity index is 2.82. The molecule has 1 aromatic carbocycles. The van der Waals surface area contributed by atoms with Crippen LogP contribution in [-0.2, 0) is 4.79 Å². The van der Waals surface area contributed by atoms with E-state index in [0.29, 0.717) is 5.56 Å². The molecule has 0 radical (unpaired) electrons. The number of amides is 1. The minimum atomic E-state index is -1.22. The van der Waals surface area contributed by atoms with Crippen LogP contribution < -0.4 is 5.32 Å². The average Bonchev–Trinajstić information content (AvgIpc) is 2.43. The quantitative estimate of drug-likeness (QED) is 0.480. The third-order valence-electron chi connectivity index (χ3n) is 2.47. The molecule has 0 saturated carbocycles. The van der Waals surface area contributed by atoms with Gasteiger partial charge in [0.05, 0.1) is 16.3 Å². The van der Waals surface area contributed by atoms with Crippen LogP contribution in [0.15, 0.2) is 24.3 Å². The van der Waals surface area contributed by atoms with Crippen LogP contribution in [-0.4, -0.2) is 27.6 Å². The maximum absolute atomic E-state index is 11.4. The van der Waals surface area contributed by atoms with E-state index < -0.39 is 27.1 Å². The Morgan fingerprint density at radius 3 is 2.20 bits per heavy atom. The van der Waals surface area contributed by atoms with E-state index >= 15 is 0 Å². The van der Waals surface area contributed by atoms with Gasteiger partial charge in [0.1, 0.15) is 0 Å². The molecule has 0 aromatic heterocycles. The van der Waals surface area contributed by atoms with Gasteiger partial charge in [0.15, 0.2) is 4.84 Å². The molecular formula is C11H10Cl4N2O3. The molecule has 2 unspecified atom stereocenters. The van der Waals surface area contributed by atoms with Gasteiger partial charge in [-0.15, -0.1) is 23.2 Å². The Labute approximate surface area is 135 Å².